The normalized spacial score (nSPS) is 18.5. The van der Waals surface area contributed by atoms with Crippen LogP contribution >= 0.6 is 22.9 Å². The molecule has 0 saturated heterocycles. The smallest absolute Gasteiger partial charge is 0.255 e. The Kier molecular flexibility index (Phi) is 4.88. The number of rotatable bonds is 6. The van der Waals surface area contributed by atoms with Gasteiger partial charge in [-0.1, -0.05) is 11.6 Å². The van der Waals surface area contributed by atoms with Gasteiger partial charge >= 0.3 is 0 Å². The van der Waals surface area contributed by atoms with Crippen molar-refractivity contribution < 1.29 is 9.13 Å². The van der Waals surface area contributed by atoms with Crippen molar-refractivity contribution in [3.05, 3.63) is 50.6 Å². The number of nitrogen functional groups attached to an aromatic ring is 1. The second-order valence-corrected chi connectivity index (χ2v) is 8.06. The van der Waals surface area contributed by atoms with Crippen LogP contribution in [0.15, 0.2) is 18.3 Å². The number of hydrogen-bond acceptors (Lipinski definition) is 8. The molecule has 0 amide bonds. The number of ether oxygens (including phenoxy) is 1. The van der Waals surface area contributed by atoms with Gasteiger partial charge in [0.2, 0.25) is 11.8 Å². The van der Waals surface area contributed by atoms with Crippen LogP contribution in [-0.4, -0.2) is 31.8 Å². The van der Waals surface area contributed by atoms with Crippen LogP contribution in [0.3, 0.4) is 0 Å². The molecule has 3 aromatic heterocycles. The van der Waals surface area contributed by atoms with Crippen molar-refractivity contribution >= 4 is 28.9 Å². The molecule has 2 atom stereocenters. The summed E-state index contributed by atoms with van der Waals surface area (Å²) in [5, 5.41) is 9.98. The molecule has 0 bridgehead atoms. The molecule has 0 spiro atoms. The van der Waals surface area contributed by atoms with Crippen LogP contribution in [0.1, 0.15) is 33.7 Å². The number of anilines is 1. The van der Waals surface area contributed by atoms with Crippen LogP contribution in [0.25, 0.3) is 0 Å². The summed E-state index contributed by atoms with van der Waals surface area (Å²) >= 11 is 7.24. The molecule has 7 nitrogen and oxygen atoms in total. The Labute approximate surface area is 163 Å². The fraction of sp³-hybridized carbons (Fsp3) is 0.353. The minimum atomic E-state index is -0.612. The lowest BCUT2D eigenvalue weighted by Gasteiger charge is -2.09. The van der Waals surface area contributed by atoms with E-state index < -0.39 is 5.82 Å². The molecule has 140 valence electrons. The Morgan fingerprint density at radius 2 is 2.19 bits per heavy atom. The molecule has 4 rings (SSSR count). The molecule has 1 saturated carbocycles. The molecule has 1 fully saturated rings. The first-order chi connectivity index (χ1) is 13.0. The van der Waals surface area contributed by atoms with E-state index in [1.165, 1.54) is 11.3 Å². The highest BCUT2D eigenvalue weighted by molar-refractivity contribution is 7.11. The Morgan fingerprint density at radius 1 is 1.33 bits per heavy atom. The average Bonchev–Trinajstić information content (AvgIpc) is 3.30. The Balaban J connectivity index is 1.42. The lowest BCUT2D eigenvalue weighted by molar-refractivity contribution is 0.269. The van der Waals surface area contributed by atoms with E-state index in [4.69, 9.17) is 22.1 Å². The highest BCUT2D eigenvalue weighted by atomic mass is 35.5. The molecule has 1 aliphatic rings. The quantitative estimate of drug-likeness (QED) is 0.670. The van der Waals surface area contributed by atoms with E-state index in [9.17, 15) is 4.39 Å². The first-order valence-corrected chi connectivity index (χ1v) is 9.54. The van der Waals surface area contributed by atoms with Gasteiger partial charge in [0.05, 0.1) is 17.3 Å². The van der Waals surface area contributed by atoms with Crippen LogP contribution in [0.5, 0.6) is 5.88 Å². The second-order valence-electron chi connectivity index (χ2n) is 6.35. The van der Waals surface area contributed by atoms with Crippen molar-refractivity contribution in [2.24, 2.45) is 5.92 Å². The molecule has 3 aromatic rings. The van der Waals surface area contributed by atoms with Crippen LogP contribution in [0.4, 0.5) is 10.3 Å². The Morgan fingerprint density at radius 3 is 2.89 bits per heavy atom. The van der Waals surface area contributed by atoms with Crippen molar-refractivity contribution in [1.29, 1.82) is 0 Å². The summed E-state index contributed by atoms with van der Waals surface area (Å²) in [6.07, 6.45) is 2.74. The van der Waals surface area contributed by atoms with Crippen LogP contribution in [0, 0.1) is 18.7 Å². The summed E-state index contributed by atoms with van der Waals surface area (Å²) in [6, 6.07) is 3.71. The highest BCUT2D eigenvalue weighted by Gasteiger charge is 2.40. The fourth-order valence-corrected chi connectivity index (χ4v) is 3.67. The van der Waals surface area contributed by atoms with Gasteiger partial charge in [0, 0.05) is 30.1 Å². The number of aromatic nitrogens is 5. The Hall–Kier alpha value is -2.39. The third kappa shape index (κ3) is 4.14. The summed E-state index contributed by atoms with van der Waals surface area (Å²) in [5.74, 6) is -0.237. The van der Waals surface area contributed by atoms with E-state index in [0.717, 1.165) is 17.1 Å². The van der Waals surface area contributed by atoms with Crippen molar-refractivity contribution in [1.82, 2.24) is 25.1 Å². The molecule has 27 heavy (non-hydrogen) atoms. The molecule has 1 aliphatic carbocycles. The zero-order chi connectivity index (χ0) is 19.0. The van der Waals surface area contributed by atoms with Gasteiger partial charge in [0.15, 0.2) is 0 Å². The fourth-order valence-electron chi connectivity index (χ4n) is 2.84. The summed E-state index contributed by atoms with van der Waals surface area (Å²) in [5.41, 5.74) is 6.83. The van der Waals surface area contributed by atoms with Crippen molar-refractivity contribution in [3.8, 4) is 5.88 Å². The monoisotopic (exact) mass is 406 g/mol. The topological polar surface area (TPSA) is 99.7 Å². The molecule has 2 N–H and O–H groups in total. The molecule has 0 aliphatic heterocycles. The molecule has 0 radical (unpaired) electrons. The first-order valence-electron chi connectivity index (χ1n) is 8.34. The lowest BCUT2D eigenvalue weighted by atomic mass is 10.2. The van der Waals surface area contributed by atoms with E-state index in [-0.39, 0.29) is 35.8 Å². The molecule has 10 heteroatoms. The SMILES string of the molecule is Cc1nnc(Cc2nc(N)nc(OC[C@H]3C[C@@H]3c3ccc(Cl)cn3)c2F)s1. The number of pyridine rings is 1. The summed E-state index contributed by atoms with van der Waals surface area (Å²) in [4.78, 5) is 12.2. The van der Waals surface area contributed by atoms with Gasteiger partial charge in [0.1, 0.15) is 10.0 Å². The molecular weight excluding hydrogens is 391 g/mol. The van der Waals surface area contributed by atoms with E-state index in [2.05, 4.69) is 25.1 Å². The van der Waals surface area contributed by atoms with Gasteiger partial charge < -0.3 is 10.5 Å². The van der Waals surface area contributed by atoms with Gasteiger partial charge in [0.25, 0.3) is 5.88 Å². The van der Waals surface area contributed by atoms with Gasteiger partial charge in [-0.25, -0.2) is 4.98 Å². The van der Waals surface area contributed by atoms with Crippen LogP contribution in [0.2, 0.25) is 5.02 Å². The number of nitrogens with zero attached hydrogens (tertiary/aromatic N) is 5. The molecule has 0 unspecified atom stereocenters. The molecule has 0 aromatic carbocycles. The largest absolute Gasteiger partial charge is 0.475 e. The van der Waals surface area contributed by atoms with Gasteiger partial charge in [-0.15, -0.1) is 21.5 Å². The van der Waals surface area contributed by atoms with Crippen LogP contribution in [-0.2, 0) is 6.42 Å². The predicted octanol–water partition coefficient (Wildman–Crippen LogP) is 3.18. The molecular formula is C17H16ClFN6OS. The summed E-state index contributed by atoms with van der Waals surface area (Å²) in [7, 11) is 0. The van der Waals surface area contributed by atoms with E-state index >= 15 is 0 Å². The lowest BCUT2D eigenvalue weighted by Crippen LogP contribution is -2.10. The number of halogens is 2. The first kappa shape index (κ1) is 18.0. The minimum absolute atomic E-state index is 0.0330. The van der Waals surface area contributed by atoms with Crippen molar-refractivity contribution in [3.63, 3.8) is 0 Å². The van der Waals surface area contributed by atoms with Gasteiger partial charge in [-0.05, 0) is 25.5 Å². The zero-order valence-corrected chi connectivity index (χ0v) is 16.0. The molecule has 3 heterocycles. The third-order valence-corrected chi connectivity index (χ3v) is 5.34. The van der Waals surface area contributed by atoms with Gasteiger partial charge in [-0.2, -0.15) is 9.37 Å². The van der Waals surface area contributed by atoms with E-state index in [0.29, 0.717) is 16.6 Å². The number of hydrogen-bond donors (Lipinski definition) is 1. The maximum absolute atomic E-state index is 14.7. The van der Waals surface area contributed by atoms with Crippen molar-refractivity contribution in [2.75, 3.05) is 12.3 Å². The highest BCUT2D eigenvalue weighted by Crippen LogP contribution is 2.46. The second kappa shape index (κ2) is 7.32. The Bertz CT molecular complexity index is 967. The van der Waals surface area contributed by atoms with Crippen molar-refractivity contribution in [2.45, 2.75) is 25.7 Å². The maximum Gasteiger partial charge on any atom is 0.255 e. The van der Waals surface area contributed by atoms with Crippen LogP contribution < -0.4 is 10.5 Å². The van der Waals surface area contributed by atoms with E-state index in [1.54, 1.807) is 6.20 Å². The average molecular weight is 407 g/mol. The summed E-state index contributed by atoms with van der Waals surface area (Å²) in [6.45, 7) is 2.17. The zero-order valence-electron chi connectivity index (χ0n) is 14.4. The minimum Gasteiger partial charge on any atom is -0.475 e. The predicted molar refractivity (Wildman–Crippen MR) is 99.4 cm³/mol. The number of aryl methyl sites for hydroxylation is 1. The number of nitrogens with two attached hydrogens (primary N) is 1. The van der Waals surface area contributed by atoms with E-state index in [1.807, 2.05) is 19.1 Å². The summed E-state index contributed by atoms with van der Waals surface area (Å²) < 4.78 is 20.3. The third-order valence-electron chi connectivity index (χ3n) is 4.28. The maximum atomic E-state index is 14.7. The van der Waals surface area contributed by atoms with Gasteiger partial charge in [-0.3, -0.25) is 4.98 Å². The standard InChI is InChI=1S/C17H16ClFN6OS/c1-8-24-25-14(27-8)5-13-15(19)16(23-17(20)22-13)26-7-9-4-11(9)12-3-2-10(18)6-21-12/h2-3,6,9,11H,4-5,7H2,1H3,(H2,20,22,23)/t9-,11+/m1/s1.